The fourth-order valence-electron chi connectivity index (χ4n) is 4.31. The lowest BCUT2D eigenvalue weighted by Gasteiger charge is -2.43. The van der Waals surface area contributed by atoms with Crippen LogP contribution in [0.2, 0.25) is 0 Å². The Morgan fingerprint density at radius 3 is 2.62 bits per heavy atom. The molecule has 0 spiro atoms. The molecule has 2 aliphatic rings. The van der Waals surface area contributed by atoms with Crippen LogP contribution < -0.4 is 10.2 Å². The van der Waals surface area contributed by atoms with Crippen LogP contribution in [-0.2, 0) is 9.59 Å². The molecule has 1 N–H and O–H groups in total. The zero-order valence-corrected chi connectivity index (χ0v) is 18.5. The van der Waals surface area contributed by atoms with Crippen molar-refractivity contribution in [3.8, 4) is 0 Å². The standard InChI is InChI=1S/C22H27N3O2S.ClH/c1-15-5-7-17(8-6-15)25-20(26)10-9-18(21(25)19-4-3-13-28-19)22(27)24-12-11-23-16(2)14-24;/h3-8,13,16,18,21,23H,9-12,14H2,1-2H3;1H. The van der Waals surface area contributed by atoms with Crippen molar-refractivity contribution in [2.24, 2.45) is 5.92 Å². The average molecular weight is 434 g/mol. The Hall–Kier alpha value is -1.89. The summed E-state index contributed by atoms with van der Waals surface area (Å²) in [5.74, 6) is 0.0688. The first-order valence-electron chi connectivity index (χ1n) is 9.99. The van der Waals surface area contributed by atoms with Crippen molar-refractivity contribution in [1.82, 2.24) is 10.2 Å². The lowest BCUT2D eigenvalue weighted by Crippen LogP contribution is -2.55. The van der Waals surface area contributed by atoms with E-state index in [0.29, 0.717) is 18.9 Å². The number of carbonyl (C=O) groups excluding carboxylic acids is 2. The second-order valence-corrected chi connectivity index (χ2v) is 8.82. The van der Waals surface area contributed by atoms with Crippen molar-refractivity contribution in [3.63, 3.8) is 0 Å². The number of halogens is 1. The predicted octanol–water partition coefficient (Wildman–Crippen LogP) is 3.78. The summed E-state index contributed by atoms with van der Waals surface area (Å²) in [6, 6.07) is 12.2. The SMILES string of the molecule is Cc1ccc(N2C(=O)CCC(C(=O)N3CCNC(C)C3)C2c2cccs2)cc1.Cl. The Morgan fingerprint density at radius 2 is 1.97 bits per heavy atom. The molecule has 0 aliphatic carbocycles. The molecule has 1 aromatic carbocycles. The van der Waals surface area contributed by atoms with Gasteiger partial charge >= 0.3 is 0 Å². The van der Waals surface area contributed by atoms with Crippen LogP contribution >= 0.6 is 23.7 Å². The molecule has 0 saturated carbocycles. The second kappa shape index (κ2) is 9.28. The molecule has 7 heteroatoms. The van der Waals surface area contributed by atoms with E-state index in [1.807, 2.05) is 52.4 Å². The number of carbonyl (C=O) groups is 2. The molecule has 0 bridgehead atoms. The van der Waals surface area contributed by atoms with Gasteiger partial charge in [-0.25, -0.2) is 0 Å². The molecule has 2 amide bonds. The Labute approximate surface area is 182 Å². The number of amides is 2. The first kappa shape index (κ1) is 21.8. The molecule has 2 aliphatic heterocycles. The molecule has 2 aromatic rings. The van der Waals surface area contributed by atoms with Gasteiger partial charge in [-0.3, -0.25) is 9.59 Å². The number of thiophene rings is 1. The molecule has 2 saturated heterocycles. The number of rotatable bonds is 3. The molecule has 5 nitrogen and oxygen atoms in total. The van der Waals surface area contributed by atoms with E-state index < -0.39 is 0 Å². The summed E-state index contributed by atoms with van der Waals surface area (Å²) in [5.41, 5.74) is 2.03. The van der Waals surface area contributed by atoms with Gasteiger partial charge in [0, 0.05) is 42.7 Å². The van der Waals surface area contributed by atoms with Gasteiger partial charge in [0.25, 0.3) is 0 Å². The Balaban J connectivity index is 0.00000240. The number of hydrogen-bond donors (Lipinski definition) is 1. The summed E-state index contributed by atoms with van der Waals surface area (Å²) < 4.78 is 0. The van der Waals surface area contributed by atoms with Crippen LogP contribution in [0.15, 0.2) is 41.8 Å². The molecule has 156 valence electrons. The van der Waals surface area contributed by atoms with Gasteiger partial charge in [-0.15, -0.1) is 23.7 Å². The largest absolute Gasteiger partial charge is 0.340 e. The van der Waals surface area contributed by atoms with Gasteiger partial charge in [-0.2, -0.15) is 0 Å². The van der Waals surface area contributed by atoms with Gasteiger partial charge in [0.2, 0.25) is 11.8 Å². The zero-order valence-electron chi connectivity index (χ0n) is 16.8. The van der Waals surface area contributed by atoms with Crippen LogP contribution in [0.3, 0.4) is 0 Å². The minimum Gasteiger partial charge on any atom is -0.340 e. The third-order valence-corrected chi connectivity index (χ3v) is 6.68. The minimum absolute atomic E-state index is 0. The van der Waals surface area contributed by atoms with Gasteiger partial charge < -0.3 is 15.1 Å². The van der Waals surface area contributed by atoms with Gasteiger partial charge in [-0.05, 0) is 43.8 Å². The Bertz CT molecular complexity index is 840. The number of nitrogens with zero attached hydrogens (tertiary/aromatic N) is 2. The number of hydrogen-bond acceptors (Lipinski definition) is 4. The molecular weight excluding hydrogens is 406 g/mol. The van der Waals surface area contributed by atoms with E-state index in [1.165, 1.54) is 0 Å². The molecule has 29 heavy (non-hydrogen) atoms. The van der Waals surface area contributed by atoms with E-state index in [4.69, 9.17) is 0 Å². The highest BCUT2D eigenvalue weighted by atomic mass is 35.5. The highest BCUT2D eigenvalue weighted by Gasteiger charge is 2.43. The summed E-state index contributed by atoms with van der Waals surface area (Å²) in [7, 11) is 0. The minimum atomic E-state index is -0.235. The zero-order chi connectivity index (χ0) is 19.7. The maximum absolute atomic E-state index is 13.5. The van der Waals surface area contributed by atoms with Gasteiger partial charge in [0.1, 0.15) is 0 Å². The van der Waals surface area contributed by atoms with Crippen molar-refractivity contribution in [2.75, 3.05) is 24.5 Å². The first-order valence-corrected chi connectivity index (χ1v) is 10.9. The molecule has 0 radical (unpaired) electrons. The van der Waals surface area contributed by atoms with E-state index in [2.05, 4.69) is 18.3 Å². The van der Waals surface area contributed by atoms with Crippen LogP contribution in [-0.4, -0.2) is 42.4 Å². The molecule has 3 heterocycles. The molecular formula is C22H28ClN3O2S. The quantitative estimate of drug-likeness (QED) is 0.801. The van der Waals surface area contributed by atoms with Crippen molar-refractivity contribution in [2.45, 2.75) is 38.8 Å². The Morgan fingerprint density at radius 1 is 1.21 bits per heavy atom. The van der Waals surface area contributed by atoms with Crippen molar-refractivity contribution >= 4 is 41.2 Å². The second-order valence-electron chi connectivity index (χ2n) is 7.84. The van der Waals surface area contributed by atoms with E-state index in [9.17, 15) is 9.59 Å². The third kappa shape index (κ3) is 4.49. The number of benzene rings is 1. The van der Waals surface area contributed by atoms with E-state index >= 15 is 0 Å². The van der Waals surface area contributed by atoms with Crippen LogP contribution in [0.1, 0.15) is 36.2 Å². The summed E-state index contributed by atoms with van der Waals surface area (Å²) in [6.07, 6.45) is 1.02. The van der Waals surface area contributed by atoms with Crippen LogP contribution in [0.4, 0.5) is 5.69 Å². The first-order chi connectivity index (χ1) is 13.5. The van der Waals surface area contributed by atoms with Crippen molar-refractivity contribution < 1.29 is 9.59 Å². The highest BCUT2D eigenvalue weighted by Crippen LogP contribution is 2.42. The normalized spacial score (nSPS) is 24.9. The summed E-state index contributed by atoms with van der Waals surface area (Å²) in [6.45, 7) is 6.43. The molecule has 3 unspecified atom stereocenters. The van der Waals surface area contributed by atoms with Gasteiger partial charge in [0.05, 0.1) is 12.0 Å². The van der Waals surface area contributed by atoms with Crippen LogP contribution in [0.5, 0.6) is 0 Å². The Kier molecular flexibility index (Phi) is 6.98. The maximum Gasteiger partial charge on any atom is 0.228 e. The number of aryl methyl sites for hydroxylation is 1. The summed E-state index contributed by atoms with van der Waals surface area (Å²) in [4.78, 5) is 31.4. The number of piperidine rings is 1. The number of piperazine rings is 1. The van der Waals surface area contributed by atoms with Crippen molar-refractivity contribution in [1.29, 1.82) is 0 Å². The topological polar surface area (TPSA) is 52.7 Å². The smallest absolute Gasteiger partial charge is 0.228 e. The van der Waals surface area contributed by atoms with Gasteiger partial charge in [0.15, 0.2) is 0 Å². The van der Waals surface area contributed by atoms with E-state index in [-0.39, 0.29) is 36.2 Å². The molecule has 3 atom stereocenters. The molecule has 2 fully saturated rings. The average Bonchev–Trinajstić information content (AvgIpc) is 3.22. The lowest BCUT2D eigenvalue weighted by molar-refractivity contribution is -0.139. The van der Waals surface area contributed by atoms with E-state index in [0.717, 1.165) is 35.8 Å². The van der Waals surface area contributed by atoms with Gasteiger partial charge in [-0.1, -0.05) is 23.8 Å². The maximum atomic E-state index is 13.5. The fraction of sp³-hybridized carbons (Fsp3) is 0.455. The monoisotopic (exact) mass is 433 g/mol. The summed E-state index contributed by atoms with van der Waals surface area (Å²) >= 11 is 1.62. The fourth-order valence-corrected chi connectivity index (χ4v) is 5.19. The lowest BCUT2D eigenvalue weighted by atomic mass is 9.85. The van der Waals surface area contributed by atoms with Crippen LogP contribution in [0, 0.1) is 12.8 Å². The highest BCUT2D eigenvalue weighted by molar-refractivity contribution is 7.10. The number of nitrogens with one attached hydrogen (secondary N) is 1. The van der Waals surface area contributed by atoms with Crippen LogP contribution in [0.25, 0.3) is 0 Å². The molecule has 4 rings (SSSR count). The molecule has 1 aromatic heterocycles. The third-order valence-electron chi connectivity index (χ3n) is 5.74. The van der Waals surface area contributed by atoms with E-state index in [1.54, 1.807) is 11.3 Å². The number of anilines is 1. The summed E-state index contributed by atoms with van der Waals surface area (Å²) in [5, 5.41) is 5.42. The predicted molar refractivity (Wildman–Crippen MR) is 120 cm³/mol. The van der Waals surface area contributed by atoms with Crippen molar-refractivity contribution in [3.05, 3.63) is 52.2 Å².